The van der Waals surface area contributed by atoms with E-state index in [0.29, 0.717) is 12.2 Å². The zero-order valence-corrected chi connectivity index (χ0v) is 9.49. The molecular formula is C12H7IO. The smallest absolute Gasteiger partial charge is 0.119 e. The molecule has 4 rings (SSSR count). The molecule has 1 fully saturated rings. The van der Waals surface area contributed by atoms with E-state index in [1.807, 2.05) is 0 Å². The molecule has 3 aliphatic rings. The topological polar surface area (TPSA) is 12.5 Å². The van der Waals surface area contributed by atoms with E-state index >= 15 is 0 Å². The normalized spacial score (nSPS) is 31.1. The Bertz CT molecular complexity index is 513. The van der Waals surface area contributed by atoms with Gasteiger partial charge in [0.05, 0.1) is 0 Å². The summed E-state index contributed by atoms with van der Waals surface area (Å²) in [5, 5.41) is 0. The fourth-order valence-corrected chi connectivity index (χ4v) is 3.19. The number of ether oxygens (including phenoxy) is 1. The Morgan fingerprint density at radius 2 is 1.86 bits per heavy atom. The summed E-state index contributed by atoms with van der Waals surface area (Å²) < 4.78 is 7.00. The fourth-order valence-electron chi connectivity index (χ4n) is 2.40. The molecule has 2 aliphatic carbocycles. The number of hydrogen-bond donors (Lipinski definition) is 0. The minimum absolute atomic E-state index is 0.372. The Morgan fingerprint density at radius 1 is 1.07 bits per heavy atom. The van der Waals surface area contributed by atoms with E-state index in [4.69, 9.17) is 4.74 Å². The maximum atomic E-state index is 5.65. The maximum Gasteiger partial charge on any atom is 0.119 e. The van der Waals surface area contributed by atoms with Crippen molar-refractivity contribution in [3.8, 4) is 0 Å². The molecule has 2 unspecified atom stereocenters. The first-order chi connectivity index (χ1) is 6.86. The molecular weight excluding hydrogens is 287 g/mol. The standard InChI is InChI=1S/C12H7IO/c13-9-5-8-6-3-1-2-4-7(6)10(8)12-11(9)14-12/h1-5,11-12H. The van der Waals surface area contributed by atoms with Gasteiger partial charge >= 0.3 is 0 Å². The van der Waals surface area contributed by atoms with Gasteiger partial charge in [-0.05, 0) is 50.9 Å². The molecule has 0 bridgehead atoms. The van der Waals surface area contributed by atoms with Gasteiger partial charge in [0.15, 0.2) is 0 Å². The summed E-state index contributed by atoms with van der Waals surface area (Å²) in [5.41, 5.74) is 5.63. The molecule has 1 saturated heterocycles. The van der Waals surface area contributed by atoms with Gasteiger partial charge in [-0.25, -0.2) is 0 Å². The largest absolute Gasteiger partial charge is 0.359 e. The molecule has 2 atom stereocenters. The molecule has 0 spiro atoms. The van der Waals surface area contributed by atoms with Crippen molar-refractivity contribution in [3.05, 3.63) is 45.0 Å². The molecule has 1 heterocycles. The molecule has 1 aliphatic heterocycles. The summed E-state index contributed by atoms with van der Waals surface area (Å²) in [5.74, 6) is 0. The Balaban J connectivity index is 1.96. The van der Waals surface area contributed by atoms with Gasteiger partial charge in [0.1, 0.15) is 12.2 Å². The highest BCUT2D eigenvalue weighted by molar-refractivity contribution is 14.1. The number of hydrogen-bond acceptors (Lipinski definition) is 1. The highest BCUT2D eigenvalue weighted by Gasteiger charge is 2.51. The minimum Gasteiger partial charge on any atom is -0.359 e. The average Bonchev–Trinajstić information content (AvgIpc) is 2.95. The van der Waals surface area contributed by atoms with Crippen LogP contribution in [0.3, 0.4) is 0 Å². The third-order valence-electron chi connectivity index (χ3n) is 3.13. The van der Waals surface area contributed by atoms with Crippen LogP contribution in [0.25, 0.3) is 11.1 Å². The highest BCUT2D eigenvalue weighted by Crippen LogP contribution is 2.55. The monoisotopic (exact) mass is 294 g/mol. The van der Waals surface area contributed by atoms with Crippen molar-refractivity contribution in [1.82, 2.24) is 0 Å². The zero-order valence-electron chi connectivity index (χ0n) is 7.33. The molecule has 0 saturated carbocycles. The second-order valence-corrected chi connectivity index (χ2v) is 5.13. The first kappa shape index (κ1) is 7.65. The van der Waals surface area contributed by atoms with Crippen molar-refractivity contribution in [2.75, 3.05) is 0 Å². The van der Waals surface area contributed by atoms with Crippen molar-refractivity contribution in [3.63, 3.8) is 0 Å². The maximum absolute atomic E-state index is 5.65. The lowest BCUT2D eigenvalue weighted by Gasteiger charge is -2.27. The number of fused-ring (bicyclic) bond motifs is 5. The average molecular weight is 294 g/mol. The third kappa shape index (κ3) is 0.754. The lowest BCUT2D eigenvalue weighted by molar-refractivity contribution is 0.417. The van der Waals surface area contributed by atoms with Crippen molar-refractivity contribution < 1.29 is 4.74 Å². The zero-order chi connectivity index (χ0) is 9.28. The predicted molar refractivity (Wildman–Crippen MR) is 64.0 cm³/mol. The van der Waals surface area contributed by atoms with E-state index in [2.05, 4.69) is 52.9 Å². The van der Waals surface area contributed by atoms with Crippen molar-refractivity contribution in [2.45, 2.75) is 12.2 Å². The van der Waals surface area contributed by atoms with Crippen LogP contribution in [0.1, 0.15) is 11.1 Å². The Labute approximate surface area is 95.6 Å². The van der Waals surface area contributed by atoms with Crippen LogP contribution in [0.2, 0.25) is 0 Å². The quantitative estimate of drug-likeness (QED) is 0.529. The van der Waals surface area contributed by atoms with Crippen LogP contribution in [-0.2, 0) is 4.74 Å². The molecule has 0 aromatic heterocycles. The number of rotatable bonds is 0. The molecule has 68 valence electrons. The van der Waals surface area contributed by atoms with E-state index < -0.39 is 0 Å². The highest BCUT2D eigenvalue weighted by atomic mass is 127. The van der Waals surface area contributed by atoms with Crippen LogP contribution in [0, 0.1) is 0 Å². The van der Waals surface area contributed by atoms with Crippen LogP contribution in [0.15, 0.2) is 33.9 Å². The minimum atomic E-state index is 0.372. The summed E-state index contributed by atoms with van der Waals surface area (Å²) in [6.45, 7) is 0. The second kappa shape index (κ2) is 2.31. The van der Waals surface area contributed by atoms with E-state index in [9.17, 15) is 0 Å². The van der Waals surface area contributed by atoms with E-state index in [1.165, 1.54) is 25.9 Å². The summed E-state index contributed by atoms with van der Waals surface area (Å²) in [6.07, 6.45) is 3.02. The molecule has 1 aromatic rings. The molecule has 0 radical (unpaired) electrons. The summed E-state index contributed by atoms with van der Waals surface area (Å²) in [4.78, 5) is 0. The second-order valence-electron chi connectivity index (χ2n) is 3.88. The lowest BCUT2D eigenvalue weighted by atomic mass is 9.76. The van der Waals surface area contributed by atoms with Crippen molar-refractivity contribution >= 4 is 33.7 Å². The van der Waals surface area contributed by atoms with Gasteiger partial charge in [0, 0.05) is 3.58 Å². The van der Waals surface area contributed by atoms with Crippen LogP contribution in [0.5, 0.6) is 0 Å². The van der Waals surface area contributed by atoms with E-state index in [0.717, 1.165) is 0 Å². The number of halogens is 1. The van der Waals surface area contributed by atoms with Crippen LogP contribution >= 0.6 is 22.6 Å². The van der Waals surface area contributed by atoms with Gasteiger partial charge in [-0.2, -0.15) is 0 Å². The summed E-state index contributed by atoms with van der Waals surface area (Å²) >= 11 is 2.38. The summed E-state index contributed by atoms with van der Waals surface area (Å²) in [7, 11) is 0. The Kier molecular flexibility index (Phi) is 1.26. The van der Waals surface area contributed by atoms with Gasteiger partial charge in [0.2, 0.25) is 0 Å². The van der Waals surface area contributed by atoms with E-state index in [1.54, 1.807) is 0 Å². The lowest BCUT2D eigenvalue weighted by Crippen LogP contribution is -2.14. The van der Waals surface area contributed by atoms with Gasteiger partial charge < -0.3 is 4.74 Å². The fraction of sp³-hybridized carbons (Fsp3) is 0.167. The Morgan fingerprint density at radius 3 is 2.71 bits per heavy atom. The van der Waals surface area contributed by atoms with E-state index in [-0.39, 0.29) is 0 Å². The third-order valence-corrected chi connectivity index (χ3v) is 4.05. The van der Waals surface area contributed by atoms with Crippen LogP contribution in [0.4, 0.5) is 0 Å². The Hall–Kier alpha value is -0.610. The van der Waals surface area contributed by atoms with Gasteiger partial charge in [-0.1, -0.05) is 24.3 Å². The molecule has 1 nitrogen and oxygen atoms in total. The SMILES string of the molecule is IC1=CC2=C(c3ccccc32)C2OC12. The molecule has 14 heavy (non-hydrogen) atoms. The number of allylic oxidation sites excluding steroid dienone is 2. The molecule has 0 N–H and O–H groups in total. The number of epoxide rings is 1. The molecule has 1 aromatic carbocycles. The molecule has 0 amide bonds. The summed E-state index contributed by atoms with van der Waals surface area (Å²) in [6, 6.07) is 8.59. The van der Waals surface area contributed by atoms with Gasteiger partial charge in [-0.3, -0.25) is 0 Å². The van der Waals surface area contributed by atoms with Crippen LogP contribution < -0.4 is 0 Å². The predicted octanol–water partition coefficient (Wildman–Crippen LogP) is 3.01. The first-order valence-electron chi connectivity index (χ1n) is 4.73. The van der Waals surface area contributed by atoms with Gasteiger partial charge in [0.25, 0.3) is 0 Å². The number of benzene rings is 1. The van der Waals surface area contributed by atoms with Crippen LogP contribution in [-0.4, -0.2) is 12.2 Å². The molecule has 2 heteroatoms. The van der Waals surface area contributed by atoms with Crippen molar-refractivity contribution in [2.24, 2.45) is 0 Å². The van der Waals surface area contributed by atoms with Gasteiger partial charge in [-0.15, -0.1) is 0 Å². The first-order valence-corrected chi connectivity index (χ1v) is 5.80. The van der Waals surface area contributed by atoms with Crippen molar-refractivity contribution in [1.29, 1.82) is 0 Å².